The molecule has 0 atom stereocenters. The van der Waals surface area contributed by atoms with Gasteiger partial charge in [0.25, 0.3) is 0 Å². The fourth-order valence-corrected chi connectivity index (χ4v) is 3.57. The molecule has 0 aliphatic heterocycles. The molecule has 2 N–H and O–H groups in total. The summed E-state index contributed by atoms with van der Waals surface area (Å²) in [5, 5.41) is 21.0. The van der Waals surface area contributed by atoms with Crippen LogP contribution >= 0.6 is 0 Å². The number of aliphatic carboxylic acids is 1. The molecule has 2 fully saturated rings. The van der Waals surface area contributed by atoms with Gasteiger partial charge in [0.1, 0.15) is 0 Å². The van der Waals surface area contributed by atoms with Crippen molar-refractivity contribution >= 4 is 12.0 Å². The van der Waals surface area contributed by atoms with Crippen molar-refractivity contribution in [1.82, 2.24) is 15.1 Å². The average molecular weight is 370 g/mol. The highest BCUT2D eigenvalue weighted by Crippen LogP contribution is 2.30. The summed E-state index contributed by atoms with van der Waals surface area (Å²) in [6.07, 6.45) is 3.64. The van der Waals surface area contributed by atoms with Crippen molar-refractivity contribution in [3.05, 3.63) is 35.4 Å². The molecule has 0 aromatic heterocycles. The first-order valence-electron chi connectivity index (χ1n) is 9.52. The van der Waals surface area contributed by atoms with E-state index in [0.717, 1.165) is 31.2 Å². The van der Waals surface area contributed by atoms with Crippen LogP contribution in [0.1, 0.15) is 43.7 Å². The van der Waals surface area contributed by atoms with E-state index in [1.54, 1.807) is 12.1 Å². The number of carboxylic acid groups (broad SMARTS) is 1. The van der Waals surface area contributed by atoms with Gasteiger partial charge in [-0.15, -0.1) is 0 Å². The Bertz CT molecular complexity index is 718. The highest BCUT2D eigenvalue weighted by atomic mass is 16.4. The van der Waals surface area contributed by atoms with Crippen LogP contribution in [0.2, 0.25) is 0 Å². The van der Waals surface area contributed by atoms with Gasteiger partial charge in [-0.05, 0) is 49.9 Å². The molecule has 3 rings (SSSR count). The first kappa shape index (κ1) is 19.2. The van der Waals surface area contributed by atoms with Crippen LogP contribution in [0.15, 0.2) is 24.3 Å². The van der Waals surface area contributed by atoms with E-state index in [9.17, 15) is 9.59 Å². The summed E-state index contributed by atoms with van der Waals surface area (Å²) in [6, 6.07) is 10.0. The number of hydrogen-bond donors (Lipinski definition) is 2. The Morgan fingerprint density at radius 3 is 2.41 bits per heavy atom. The second-order valence-corrected chi connectivity index (χ2v) is 7.40. The molecule has 0 heterocycles. The molecule has 1 aromatic rings. The lowest BCUT2D eigenvalue weighted by atomic mass is 9.85. The number of amides is 2. The molecule has 0 spiro atoms. The molecule has 0 radical (unpaired) electrons. The van der Waals surface area contributed by atoms with Gasteiger partial charge in [-0.1, -0.05) is 19.1 Å². The molecule has 2 aliphatic carbocycles. The van der Waals surface area contributed by atoms with E-state index in [1.165, 1.54) is 0 Å². The Morgan fingerprint density at radius 2 is 1.89 bits per heavy atom. The summed E-state index contributed by atoms with van der Waals surface area (Å²) in [7, 11) is 0. The van der Waals surface area contributed by atoms with Crippen LogP contribution < -0.4 is 5.32 Å². The van der Waals surface area contributed by atoms with Gasteiger partial charge >= 0.3 is 12.0 Å². The van der Waals surface area contributed by atoms with Gasteiger partial charge in [-0.3, -0.25) is 9.69 Å². The van der Waals surface area contributed by atoms with Crippen LogP contribution in [0.3, 0.4) is 0 Å². The zero-order valence-corrected chi connectivity index (χ0v) is 15.6. The van der Waals surface area contributed by atoms with Crippen molar-refractivity contribution in [2.75, 3.05) is 13.1 Å². The lowest BCUT2D eigenvalue weighted by Gasteiger charge is -2.42. The van der Waals surface area contributed by atoms with E-state index < -0.39 is 5.97 Å². The van der Waals surface area contributed by atoms with Crippen molar-refractivity contribution < 1.29 is 14.7 Å². The maximum atomic E-state index is 12.7. The monoisotopic (exact) mass is 370 g/mol. The summed E-state index contributed by atoms with van der Waals surface area (Å²) in [5.41, 5.74) is 1.63. The minimum atomic E-state index is -0.813. The molecule has 7 nitrogen and oxygen atoms in total. The largest absolute Gasteiger partial charge is 0.480 e. The predicted molar refractivity (Wildman–Crippen MR) is 99.9 cm³/mol. The minimum absolute atomic E-state index is 0.0495. The smallest absolute Gasteiger partial charge is 0.318 e. The number of nitrogens with zero attached hydrogens (tertiary/aromatic N) is 3. The molecule has 144 valence electrons. The first-order valence-corrected chi connectivity index (χ1v) is 9.52. The lowest BCUT2D eigenvalue weighted by Crippen LogP contribution is -2.57. The number of benzene rings is 1. The zero-order chi connectivity index (χ0) is 19.4. The molecule has 2 amide bonds. The lowest BCUT2D eigenvalue weighted by molar-refractivity contribution is -0.139. The van der Waals surface area contributed by atoms with E-state index in [1.807, 2.05) is 28.9 Å². The van der Waals surface area contributed by atoms with Crippen molar-refractivity contribution in [3.63, 3.8) is 0 Å². The fourth-order valence-electron chi connectivity index (χ4n) is 3.57. The molecule has 0 bridgehead atoms. The predicted octanol–water partition coefficient (Wildman–Crippen LogP) is 2.17. The van der Waals surface area contributed by atoms with Crippen LogP contribution in [-0.4, -0.2) is 58.1 Å². The van der Waals surface area contributed by atoms with E-state index >= 15 is 0 Å². The molecule has 2 saturated carbocycles. The zero-order valence-electron chi connectivity index (χ0n) is 15.6. The molecule has 7 heteroatoms. The Morgan fingerprint density at radius 1 is 1.22 bits per heavy atom. The van der Waals surface area contributed by atoms with Gasteiger partial charge in [0.2, 0.25) is 0 Å². The van der Waals surface area contributed by atoms with Crippen LogP contribution in [-0.2, 0) is 11.3 Å². The second-order valence-electron chi connectivity index (χ2n) is 7.40. The third kappa shape index (κ3) is 4.98. The SMILES string of the molecule is CCN(CC(=O)O)C1CC(NC(=O)N(Cc2ccc(C#N)cc2)C2CC2)C1. The van der Waals surface area contributed by atoms with Crippen LogP contribution in [0.5, 0.6) is 0 Å². The maximum absolute atomic E-state index is 12.7. The summed E-state index contributed by atoms with van der Waals surface area (Å²) < 4.78 is 0. The first-order chi connectivity index (χ1) is 13.0. The Kier molecular flexibility index (Phi) is 5.97. The Labute approximate surface area is 159 Å². The van der Waals surface area contributed by atoms with Crippen molar-refractivity contribution in [2.45, 2.75) is 57.3 Å². The van der Waals surface area contributed by atoms with Crippen molar-refractivity contribution in [1.29, 1.82) is 5.26 Å². The Hall–Kier alpha value is -2.59. The van der Waals surface area contributed by atoms with Gasteiger partial charge in [-0.25, -0.2) is 4.79 Å². The highest BCUT2D eigenvalue weighted by Gasteiger charge is 2.38. The number of likely N-dealkylation sites (N-methyl/N-ethyl adjacent to an activating group) is 1. The topological polar surface area (TPSA) is 96.7 Å². The van der Waals surface area contributed by atoms with Gasteiger partial charge in [0.15, 0.2) is 0 Å². The molecule has 0 unspecified atom stereocenters. The Balaban J connectivity index is 1.51. The van der Waals surface area contributed by atoms with Crippen molar-refractivity contribution in [2.24, 2.45) is 0 Å². The van der Waals surface area contributed by atoms with E-state index in [0.29, 0.717) is 18.7 Å². The maximum Gasteiger partial charge on any atom is 0.318 e. The minimum Gasteiger partial charge on any atom is -0.480 e. The summed E-state index contributed by atoms with van der Waals surface area (Å²) in [4.78, 5) is 27.5. The van der Waals surface area contributed by atoms with Gasteiger partial charge in [-0.2, -0.15) is 5.26 Å². The third-order valence-corrected chi connectivity index (χ3v) is 5.39. The number of nitrogens with one attached hydrogen (secondary N) is 1. The van der Waals surface area contributed by atoms with Gasteiger partial charge in [0, 0.05) is 24.7 Å². The van der Waals surface area contributed by atoms with Crippen molar-refractivity contribution in [3.8, 4) is 6.07 Å². The van der Waals surface area contributed by atoms with E-state index in [4.69, 9.17) is 10.4 Å². The molecule has 0 saturated heterocycles. The molecule has 2 aliphatic rings. The molecule has 27 heavy (non-hydrogen) atoms. The second kappa shape index (κ2) is 8.40. The number of rotatable bonds is 8. The van der Waals surface area contributed by atoms with Crippen LogP contribution in [0.25, 0.3) is 0 Å². The van der Waals surface area contributed by atoms with Crippen LogP contribution in [0, 0.1) is 11.3 Å². The van der Waals surface area contributed by atoms with E-state index in [2.05, 4.69) is 11.4 Å². The number of nitriles is 1. The standard InChI is InChI=1S/C20H26N4O3/c1-2-23(13-19(25)26)18-9-16(10-18)22-20(27)24(17-7-8-17)12-15-5-3-14(11-21)4-6-15/h3-6,16-18H,2,7-10,12-13H2,1H3,(H,22,27)(H,25,26). The summed E-state index contributed by atoms with van der Waals surface area (Å²) in [6.45, 7) is 3.25. The normalized spacial score (nSPS) is 21.2. The molecule has 1 aromatic carbocycles. The molecular formula is C20H26N4O3. The summed E-state index contributed by atoms with van der Waals surface area (Å²) >= 11 is 0. The van der Waals surface area contributed by atoms with Gasteiger partial charge < -0.3 is 15.3 Å². The number of carbonyl (C=O) groups excluding carboxylic acids is 1. The van der Waals surface area contributed by atoms with E-state index in [-0.39, 0.29) is 30.7 Å². The number of carbonyl (C=O) groups is 2. The summed E-state index contributed by atoms with van der Waals surface area (Å²) in [5.74, 6) is -0.813. The average Bonchev–Trinajstić information content (AvgIpc) is 3.45. The quantitative estimate of drug-likeness (QED) is 0.731. The highest BCUT2D eigenvalue weighted by molar-refractivity contribution is 5.75. The number of urea groups is 1. The number of carboxylic acids is 1. The van der Waals surface area contributed by atoms with Crippen LogP contribution in [0.4, 0.5) is 4.79 Å². The number of hydrogen-bond acceptors (Lipinski definition) is 4. The molecular weight excluding hydrogens is 344 g/mol. The fraction of sp³-hybridized carbons (Fsp3) is 0.550. The third-order valence-electron chi connectivity index (χ3n) is 5.39. The van der Waals surface area contributed by atoms with Gasteiger partial charge in [0.05, 0.1) is 18.2 Å².